The van der Waals surface area contributed by atoms with E-state index in [2.05, 4.69) is 23.6 Å². The molecule has 1 unspecified atom stereocenters. The molecule has 1 aliphatic heterocycles. The Kier molecular flexibility index (Phi) is 4.68. The summed E-state index contributed by atoms with van der Waals surface area (Å²) in [4.78, 5) is 30.6. The van der Waals surface area contributed by atoms with E-state index in [-0.39, 0.29) is 5.56 Å². The van der Waals surface area contributed by atoms with E-state index in [9.17, 15) is 9.59 Å². The van der Waals surface area contributed by atoms with Crippen LogP contribution in [0.5, 0.6) is 0 Å². The van der Waals surface area contributed by atoms with Crippen LogP contribution in [-0.2, 0) is 16.2 Å². The lowest BCUT2D eigenvalue weighted by molar-refractivity contribution is -0.954. The lowest BCUT2D eigenvalue weighted by Gasteiger charge is -2.38. The average molecular weight is 338 g/mol. The van der Waals surface area contributed by atoms with Gasteiger partial charge >= 0.3 is 5.97 Å². The van der Waals surface area contributed by atoms with Crippen molar-refractivity contribution < 1.29 is 14.4 Å². The summed E-state index contributed by atoms with van der Waals surface area (Å²) in [7, 11) is 1.31. The number of ether oxygens (including phenoxy) is 1. The fourth-order valence-corrected chi connectivity index (χ4v) is 4.68. The molecular weight excluding hydrogens is 314 g/mol. The third-order valence-electron chi connectivity index (χ3n) is 5.35. The molecule has 1 aromatic rings. The third-order valence-corrected chi connectivity index (χ3v) is 6.39. The van der Waals surface area contributed by atoms with Crippen LogP contribution in [0.15, 0.2) is 9.79 Å². The van der Waals surface area contributed by atoms with Crippen molar-refractivity contribution in [3.05, 3.63) is 19.7 Å². The van der Waals surface area contributed by atoms with Gasteiger partial charge in [0.15, 0.2) is 18.1 Å². The molecule has 7 heteroatoms. The normalized spacial score (nSPS) is 31.3. The predicted octanol–water partition coefficient (Wildman–Crippen LogP) is -0.879. The summed E-state index contributed by atoms with van der Waals surface area (Å²) >= 11 is 1.27. The molecule has 0 spiro atoms. The van der Waals surface area contributed by atoms with Gasteiger partial charge in [0.1, 0.15) is 4.53 Å². The Morgan fingerprint density at radius 3 is 2.96 bits per heavy atom. The van der Waals surface area contributed by atoms with Gasteiger partial charge in [-0.05, 0) is 25.2 Å². The molecule has 1 saturated carbocycles. The number of carbonyl (C=O) groups is 1. The zero-order chi connectivity index (χ0) is 16.6. The monoisotopic (exact) mass is 338 g/mol. The second kappa shape index (κ2) is 6.57. The minimum Gasteiger partial charge on any atom is -0.466 e. The average Bonchev–Trinajstić information content (AvgIpc) is 2.85. The zero-order valence-corrected chi connectivity index (χ0v) is 14.7. The van der Waals surface area contributed by atoms with Gasteiger partial charge in [-0.3, -0.25) is 9.69 Å². The quantitative estimate of drug-likeness (QED) is 0.713. The highest BCUT2D eigenvalue weighted by atomic mass is 32.1. The van der Waals surface area contributed by atoms with Gasteiger partial charge in [0.2, 0.25) is 0 Å². The molecule has 6 nitrogen and oxygen atoms in total. The number of hydrogen-bond acceptors (Lipinski definition) is 5. The van der Waals surface area contributed by atoms with Gasteiger partial charge in [0.05, 0.1) is 13.2 Å². The number of thiazole rings is 1. The topological polar surface area (TPSA) is 65.1 Å². The highest BCUT2D eigenvalue weighted by Crippen LogP contribution is 2.28. The van der Waals surface area contributed by atoms with Crippen molar-refractivity contribution in [2.75, 3.05) is 13.8 Å². The van der Waals surface area contributed by atoms with E-state index in [4.69, 9.17) is 0 Å². The predicted molar refractivity (Wildman–Crippen MR) is 87.6 cm³/mol. The molecule has 3 rings (SSSR count). The molecule has 0 bridgehead atoms. The number of methoxy groups -OCH3 is 1. The molecular formula is C16H24N3O3S+. The van der Waals surface area contributed by atoms with Crippen LogP contribution >= 0.6 is 11.3 Å². The number of hydrogen-bond donors (Lipinski definition) is 1. The van der Waals surface area contributed by atoms with Crippen molar-refractivity contribution in [3.8, 4) is 0 Å². The first kappa shape index (κ1) is 16.4. The summed E-state index contributed by atoms with van der Waals surface area (Å²) in [5.41, 5.74) is -0.132. The summed E-state index contributed by atoms with van der Waals surface area (Å²) in [6.45, 7) is 6.00. The maximum atomic E-state index is 12.5. The van der Waals surface area contributed by atoms with Crippen molar-refractivity contribution in [1.29, 1.82) is 0 Å². The van der Waals surface area contributed by atoms with E-state index < -0.39 is 5.97 Å². The van der Waals surface area contributed by atoms with Crippen LogP contribution in [0.1, 0.15) is 33.1 Å². The lowest BCUT2D eigenvalue weighted by Crippen LogP contribution is -3.17. The molecule has 4 atom stereocenters. The zero-order valence-electron chi connectivity index (χ0n) is 13.9. The molecule has 1 aromatic heterocycles. The van der Waals surface area contributed by atoms with Crippen LogP contribution in [0.4, 0.5) is 0 Å². The Labute approximate surface area is 139 Å². The molecule has 2 heterocycles. The van der Waals surface area contributed by atoms with E-state index in [1.165, 1.54) is 48.7 Å². The summed E-state index contributed by atoms with van der Waals surface area (Å²) < 4.78 is 6.73. The van der Waals surface area contributed by atoms with Gasteiger partial charge in [-0.1, -0.05) is 25.2 Å². The summed E-state index contributed by atoms with van der Waals surface area (Å²) in [6.07, 6.45) is 5.01. The van der Waals surface area contributed by atoms with Crippen LogP contribution in [0.3, 0.4) is 0 Å². The van der Waals surface area contributed by atoms with Gasteiger partial charge in [-0.25, -0.2) is 14.4 Å². The van der Waals surface area contributed by atoms with Crippen molar-refractivity contribution in [3.63, 3.8) is 0 Å². The minimum absolute atomic E-state index is 0.132. The van der Waals surface area contributed by atoms with Gasteiger partial charge in [-0.2, -0.15) is 0 Å². The Balaban J connectivity index is 1.88. The molecule has 23 heavy (non-hydrogen) atoms. The molecule has 0 amide bonds. The molecule has 1 N–H and O–H groups in total. The third kappa shape index (κ3) is 3.12. The highest BCUT2D eigenvalue weighted by molar-refractivity contribution is 7.07. The van der Waals surface area contributed by atoms with Crippen molar-refractivity contribution in [1.82, 2.24) is 4.57 Å². The van der Waals surface area contributed by atoms with Gasteiger partial charge in [-0.15, -0.1) is 0 Å². The number of nitrogens with zero attached hydrogens (tertiary/aromatic N) is 2. The van der Waals surface area contributed by atoms with E-state index in [1.807, 2.05) is 0 Å². The van der Waals surface area contributed by atoms with E-state index in [0.717, 1.165) is 5.92 Å². The van der Waals surface area contributed by atoms with Crippen molar-refractivity contribution in [2.45, 2.75) is 45.8 Å². The minimum atomic E-state index is -0.500. The highest BCUT2D eigenvalue weighted by Gasteiger charge is 2.36. The number of nitrogens with one attached hydrogen (secondary N) is 1. The fourth-order valence-electron chi connectivity index (χ4n) is 3.75. The maximum absolute atomic E-state index is 12.5. The summed E-state index contributed by atoms with van der Waals surface area (Å²) in [5.74, 6) is 0.872. The van der Waals surface area contributed by atoms with Gasteiger partial charge in [0, 0.05) is 12.0 Å². The summed E-state index contributed by atoms with van der Waals surface area (Å²) in [5, 5.41) is 0. The first-order valence-electron chi connectivity index (χ1n) is 8.19. The molecule has 1 aliphatic carbocycles. The number of fused-ring (bicyclic) bond motifs is 1. The number of carbonyl (C=O) groups excluding carboxylic acids is 1. The SMILES string of the molecule is COC(=O)/C=c1\sc2n(c1=O)C[NH+]([C@@H]1CCC[C@@H](C)[C@H]1C)CN=2. The van der Waals surface area contributed by atoms with Crippen LogP contribution in [0.2, 0.25) is 0 Å². The van der Waals surface area contributed by atoms with Crippen LogP contribution < -0.4 is 19.8 Å². The standard InChI is InChI=1S/C16H23N3O3S/c1-10-5-4-6-12(11(10)2)18-8-17-16-19(9-18)15(21)13(23-16)7-14(20)22-3/h7,10-12H,4-6,8-9H2,1-3H3/p+1/b13-7-/t10-,11-,12-/m1/s1. The molecule has 1 fully saturated rings. The number of quaternary nitrogens is 1. The van der Waals surface area contributed by atoms with Crippen LogP contribution in [0, 0.1) is 11.8 Å². The molecule has 0 saturated heterocycles. The first-order chi connectivity index (χ1) is 11.0. The number of esters is 1. The van der Waals surface area contributed by atoms with Gasteiger partial charge in [0.25, 0.3) is 5.56 Å². The molecule has 2 aliphatic rings. The first-order valence-corrected chi connectivity index (χ1v) is 9.01. The fraction of sp³-hybridized carbons (Fsp3) is 0.688. The number of rotatable bonds is 2. The molecule has 126 valence electrons. The second-order valence-electron chi connectivity index (χ2n) is 6.66. The van der Waals surface area contributed by atoms with Gasteiger partial charge < -0.3 is 4.74 Å². The number of aromatic nitrogens is 1. The maximum Gasteiger partial charge on any atom is 0.332 e. The lowest BCUT2D eigenvalue weighted by atomic mass is 9.77. The smallest absolute Gasteiger partial charge is 0.332 e. The Morgan fingerprint density at radius 1 is 1.43 bits per heavy atom. The largest absolute Gasteiger partial charge is 0.466 e. The van der Waals surface area contributed by atoms with Crippen molar-refractivity contribution in [2.24, 2.45) is 16.8 Å². The Hall–Kier alpha value is -1.47. The molecule has 0 radical (unpaired) electrons. The van der Waals surface area contributed by atoms with Crippen LogP contribution in [0.25, 0.3) is 6.08 Å². The van der Waals surface area contributed by atoms with Crippen LogP contribution in [-0.4, -0.2) is 30.4 Å². The molecule has 0 aromatic carbocycles. The van der Waals surface area contributed by atoms with E-state index in [1.54, 1.807) is 4.57 Å². The van der Waals surface area contributed by atoms with E-state index >= 15 is 0 Å². The Morgan fingerprint density at radius 2 is 2.22 bits per heavy atom. The second-order valence-corrected chi connectivity index (χ2v) is 7.67. The van der Waals surface area contributed by atoms with E-state index in [0.29, 0.717) is 34.6 Å². The summed E-state index contributed by atoms with van der Waals surface area (Å²) in [6, 6.07) is 0.551. The Bertz CT molecular complexity index is 767. The van der Waals surface area contributed by atoms with Crippen molar-refractivity contribution >= 4 is 23.4 Å².